The number of hydrogen-bond acceptors (Lipinski definition) is 4. The van der Waals surface area contributed by atoms with E-state index in [1.54, 1.807) is 19.2 Å². The van der Waals surface area contributed by atoms with Crippen LogP contribution in [0.4, 0.5) is 4.39 Å². The van der Waals surface area contributed by atoms with Crippen molar-refractivity contribution in [2.75, 3.05) is 14.2 Å². The Morgan fingerprint density at radius 2 is 1.90 bits per heavy atom. The van der Waals surface area contributed by atoms with Crippen LogP contribution in [0.1, 0.15) is 24.3 Å². The van der Waals surface area contributed by atoms with E-state index in [-0.39, 0.29) is 41.8 Å². The lowest BCUT2D eigenvalue weighted by atomic mass is 9.77. The highest BCUT2D eigenvalue weighted by atomic mass is 19.1. The van der Waals surface area contributed by atoms with E-state index in [1.165, 1.54) is 19.2 Å². The monoisotopic (exact) mass is 293 g/mol. The third kappa shape index (κ3) is 2.56. The summed E-state index contributed by atoms with van der Waals surface area (Å²) < 4.78 is 23.6. The lowest BCUT2D eigenvalue weighted by molar-refractivity contribution is -0.148. The first-order chi connectivity index (χ1) is 10.1. The number of halogens is 1. The first-order valence-electron chi connectivity index (χ1n) is 7.26. The highest BCUT2D eigenvalue weighted by molar-refractivity contribution is 5.75. The molecule has 1 N–H and O–H groups in total. The van der Waals surface area contributed by atoms with Crippen LogP contribution in [0.15, 0.2) is 24.3 Å². The van der Waals surface area contributed by atoms with Gasteiger partial charge in [0.15, 0.2) is 0 Å². The van der Waals surface area contributed by atoms with Crippen molar-refractivity contribution in [1.82, 2.24) is 5.32 Å². The zero-order valence-corrected chi connectivity index (χ0v) is 12.2. The number of ether oxygens (including phenoxy) is 2. The summed E-state index contributed by atoms with van der Waals surface area (Å²) in [6, 6.07) is 6.71. The number of carbonyl (C=O) groups is 1. The van der Waals surface area contributed by atoms with Crippen LogP contribution in [0.3, 0.4) is 0 Å². The molecule has 0 spiro atoms. The van der Waals surface area contributed by atoms with Crippen LogP contribution in [0.2, 0.25) is 0 Å². The van der Waals surface area contributed by atoms with Gasteiger partial charge in [-0.15, -0.1) is 0 Å². The summed E-state index contributed by atoms with van der Waals surface area (Å²) in [4.78, 5) is 12.2. The molecule has 0 amide bonds. The quantitative estimate of drug-likeness (QED) is 0.864. The smallest absolute Gasteiger partial charge is 0.310 e. The molecule has 2 aliphatic rings. The summed E-state index contributed by atoms with van der Waals surface area (Å²) in [6.45, 7) is 0. The van der Waals surface area contributed by atoms with Gasteiger partial charge in [-0.2, -0.15) is 0 Å². The van der Waals surface area contributed by atoms with E-state index in [4.69, 9.17) is 9.47 Å². The normalized spacial score (nSPS) is 34.7. The Kier molecular flexibility index (Phi) is 3.95. The van der Waals surface area contributed by atoms with Crippen molar-refractivity contribution in [3.05, 3.63) is 35.6 Å². The van der Waals surface area contributed by atoms with E-state index in [0.717, 1.165) is 18.4 Å². The molecule has 0 radical (unpaired) electrons. The fourth-order valence-electron chi connectivity index (χ4n) is 3.81. The average Bonchev–Trinajstić information content (AvgIpc) is 2.83. The Hall–Kier alpha value is -1.46. The van der Waals surface area contributed by atoms with E-state index in [0.29, 0.717) is 0 Å². The summed E-state index contributed by atoms with van der Waals surface area (Å²) in [5, 5.41) is 3.47. The molecule has 1 aromatic rings. The Labute approximate surface area is 123 Å². The number of hydrogen-bond donors (Lipinski definition) is 1. The van der Waals surface area contributed by atoms with Gasteiger partial charge in [-0.05, 0) is 30.5 Å². The maximum absolute atomic E-state index is 13.1. The van der Waals surface area contributed by atoms with Crippen molar-refractivity contribution < 1.29 is 18.7 Å². The largest absolute Gasteiger partial charge is 0.469 e. The van der Waals surface area contributed by atoms with Crippen LogP contribution in [0.25, 0.3) is 0 Å². The Morgan fingerprint density at radius 3 is 2.52 bits per heavy atom. The predicted molar refractivity (Wildman–Crippen MR) is 75.4 cm³/mol. The molecule has 0 aromatic heterocycles. The number of piperidine rings is 1. The molecule has 2 saturated heterocycles. The Morgan fingerprint density at radius 1 is 1.19 bits per heavy atom. The second kappa shape index (κ2) is 5.73. The van der Waals surface area contributed by atoms with Gasteiger partial charge in [0.1, 0.15) is 5.82 Å². The van der Waals surface area contributed by atoms with Crippen LogP contribution < -0.4 is 5.32 Å². The number of fused-ring (bicyclic) bond motifs is 2. The number of carbonyl (C=O) groups excluding carboxylic acids is 1. The van der Waals surface area contributed by atoms with Gasteiger partial charge in [-0.3, -0.25) is 4.79 Å². The summed E-state index contributed by atoms with van der Waals surface area (Å²) in [5.41, 5.74) is 0.986. The standard InChI is InChI=1S/C16H20FNO3/c1-20-14-8-13-15(16(19)21-2)11(7-12(14)18-13)9-3-5-10(17)6-4-9/h3-6,11-15,18H,7-8H2,1-2H3/t11-,12?,13?,14?,15-/m0/s1. The molecule has 2 bridgehead atoms. The van der Waals surface area contributed by atoms with Crippen LogP contribution in [-0.2, 0) is 14.3 Å². The van der Waals surface area contributed by atoms with Crippen molar-refractivity contribution in [2.45, 2.75) is 36.9 Å². The van der Waals surface area contributed by atoms with Gasteiger partial charge in [0.05, 0.1) is 19.1 Å². The molecule has 5 heteroatoms. The lowest BCUT2D eigenvalue weighted by Crippen LogP contribution is -2.49. The van der Waals surface area contributed by atoms with Crippen LogP contribution in [-0.4, -0.2) is 38.4 Å². The maximum atomic E-state index is 13.1. The zero-order chi connectivity index (χ0) is 15.0. The molecular formula is C16H20FNO3. The topological polar surface area (TPSA) is 47.6 Å². The van der Waals surface area contributed by atoms with E-state index in [9.17, 15) is 9.18 Å². The van der Waals surface area contributed by atoms with Crippen molar-refractivity contribution in [1.29, 1.82) is 0 Å². The molecule has 1 aromatic carbocycles. The van der Waals surface area contributed by atoms with Crippen molar-refractivity contribution in [3.63, 3.8) is 0 Å². The van der Waals surface area contributed by atoms with Gasteiger partial charge >= 0.3 is 5.97 Å². The number of methoxy groups -OCH3 is 2. The SMILES string of the molecule is COC(=O)[C@@H]1C2CC(OC)C(C[C@H]1c1ccc(F)cc1)N2. The number of esters is 1. The first-order valence-corrected chi connectivity index (χ1v) is 7.26. The van der Waals surface area contributed by atoms with Gasteiger partial charge in [0, 0.05) is 25.1 Å². The first kappa shape index (κ1) is 14.5. The Balaban J connectivity index is 1.92. The molecule has 2 heterocycles. The summed E-state index contributed by atoms with van der Waals surface area (Å²) in [6.07, 6.45) is 1.71. The minimum Gasteiger partial charge on any atom is -0.469 e. The number of rotatable bonds is 3. The second-order valence-electron chi connectivity index (χ2n) is 5.83. The Bertz CT molecular complexity index is 519. The molecule has 2 aliphatic heterocycles. The van der Waals surface area contributed by atoms with E-state index < -0.39 is 0 Å². The fourth-order valence-corrected chi connectivity index (χ4v) is 3.81. The number of benzene rings is 1. The maximum Gasteiger partial charge on any atom is 0.310 e. The highest BCUT2D eigenvalue weighted by Crippen LogP contribution is 2.43. The molecule has 0 aliphatic carbocycles. The van der Waals surface area contributed by atoms with E-state index in [1.807, 2.05) is 0 Å². The molecule has 21 heavy (non-hydrogen) atoms. The predicted octanol–water partition coefficient (Wildman–Crippen LogP) is 1.85. The number of nitrogens with one attached hydrogen (secondary N) is 1. The summed E-state index contributed by atoms with van der Waals surface area (Å²) >= 11 is 0. The van der Waals surface area contributed by atoms with Crippen molar-refractivity contribution in [2.24, 2.45) is 5.92 Å². The average molecular weight is 293 g/mol. The second-order valence-corrected chi connectivity index (χ2v) is 5.83. The molecule has 2 fully saturated rings. The minimum absolute atomic E-state index is 0.0365. The summed E-state index contributed by atoms with van der Waals surface area (Å²) in [5.74, 6) is -0.691. The van der Waals surface area contributed by atoms with Crippen LogP contribution >= 0.6 is 0 Å². The van der Waals surface area contributed by atoms with Gasteiger partial charge < -0.3 is 14.8 Å². The molecule has 4 nitrogen and oxygen atoms in total. The molecular weight excluding hydrogens is 273 g/mol. The molecule has 114 valence electrons. The van der Waals surface area contributed by atoms with Crippen LogP contribution in [0.5, 0.6) is 0 Å². The van der Waals surface area contributed by atoms with Crippen LogP contribution in [0, 0.1) is 11.7 Å². The van der Waals surface area contributed by atoms with Crippen molar-refractivity contribution in [3.8, 4) is 0 Å². The third-order valence-electron chi connectivity index (χ3n) is 4.81. The fraction of sp³-hybridized carbons (Fsp3) is 0.562. The van der Waals surface area contributed by atoms with E-state index in [2.05, 4.69) is 5.32 Å². The molecule has 3 unspecified atom stereocenters. The van der Waals surface area contributed by atoms with Gasteiger partial charge in [0.25, 0.3) is 0 Å². The molecule has 3 rings (SSSR count). The minimum atomic E-state index is -0.264. The zero-order valence-electron chi connectivity index (χ0n) is 12.2. The lowest BCUT2D eigenvalue weighted by Gasteiger charge is -2.36. The molecule has 0 saturated carbocycles. The highest BCUT2D eigenvalue weighted by Gasteiger charge is 2.50. The van der Waals surface area contributed by atoms with E-state index >= 15 is 0 Å². The van der Waals surface area contributed by atoms with Crippen molar-refractivity contribution >= 4 is 5.97 Å². The van der Waals surface area contributed by atoms with Gasteiger partial charge in [-0.25, -0.2) is 4.39 Å². The third-order valence-corrected chi connectivity index (χ3v) is 4.81. The summed E-state index contributed by atoms with van der Waals surface area (Å²) in [7, 11) is 3.12. The molecule has 5 atom stereocenters. The van der Waals surface area contributed by atoms with Gasteiger partial charge in [-0.1, -0.05) is 12.1 Å². The van der Waals surface area contributed by atoms with Gasteiger partial charge in [0.2, 0.25) is 0 Å².